The maximum atomic E-state index is 13.8. The molecule has 0 atom stereocenters. The van der Waals surface area contributed by atoms with Crippen molar-refractivity contribution in [2.45, 2.75) is 17.3 Å². The number of ether oxygens (including phenoxy) is 1. The Balaban J connectivity index is 1.78. The van der Waals surface area contributed by atoms with Gasteiger partial charge in [0.2, 0.25) is 5.88 Å². The normalized spacial score (nSPS) is 14.7. The van der Waals surface area contributed by atoms with Crippen molar-refractivity contribution >= 4 is 27.8 Å². The second-order valence-corrected chi connectivity index (χ2v) is 8.17. The minimum Gasteiger partial charge on any atom is -0.481 e. The molecule has 27 heavy (non-hydrogen) atoms. The molecule has 1 aromatic heterocycles. The van der Waals surface area contributed by atoms with Gasteiger partial charge in [0.25, 0.3) is 0 Å². The SMILES string of the molecule is COc1cc(NS(=O)(=O)N2CCC2)nc(SCc2ccc(F)c(F)c2F)n1. The first-order chi connectivity index (χ1) is 12.8. The Kier molecular flexibility index (Phi) is 5.77. The molecular formula is C15H15F3N4O3S2. The second-order valence-electron chi connectivity index (χ2n) is 5.56. The first-order valence-corrected chi connectivity index (χ1v) is 10.2. The fraction of sp³-hybridized carbons (Fsp3) is 0.333. The van der Waals surface area contributed by atoms with Crippen molar-refractivity contribution in [3.63, 3.8) is 0 Å². The van der Waals surface area contributed by atoms with E-state index in [0.29, 0.717) is 13.1 Å². The number of hydrogen-bond acceptors (Lipinski definition) is 6. The number of hydrogen-bond donors (Lipinski definition) is 1. The van der Waals surface area contributed by atoms with Crippen LogP contribution in [-0.2, 0) is 16.0 Å². The first kappa shape index (κ1) is 19.7. The summed E-state index contributed by atoms with van der Waals surface area (Å²) in [7, 11) is -2.38. The van der Waals surface area contributed by atoms with Crippen molar-refractivity contribution in [2.24, 2.45) is 0 Å². The minimum absolute atomic E-state index is 0.0120. The lowest BCUT2D eigenvalue weighted by atomic mass is 10.2. The minimum atomic E-state index is -3.73. The highest BCUT2D eigenvalue weighted by molar-refractivity contribution is 7.98. The Labute approximate surface area is 158 Å². The molecule has 1 saturated heterocycles. The highest BCUT2D eigenvalue weighted by Crippen LogP contribution is 2.27. The molecule has 7 nitrogen and oxygen atoms in total. The molecule has 0 aliphatic carbocycles. The summed E-state index contributed by atoms with van der Waals surface area (Å²) in [5.74, 6) is -4.12. The number of aromatic nitrogens is 2. The van der Waals surface area contributed by atoms with Crippen LogP contribution in [0.3, 0.4) is 0 Å². The van der Waals surface area contributed by atoms with Crippen LogP contribution < -0.4 is 9.46 Å². The van der Waals surface area contributed by atoms with Crippen LogP contribution >= 0.6 is 11.8 Å². The van der Waals surface area contributed by atoms with Gasteiger partial charge in [0, 0.05) is 30.5 Å². The van der Waals surface area contributed by atoms with Gasteiger partial charge >= 0.3 is 10.2 Å². The molecule has 3 rings (SSSR count). The summed E-state index contributed by atoms with van der Waals surface area (Å²) in [4.78, 5) is 8.09. The number of anilines is 1. The van der Waals surface area contributed by atoms with Gasteiger partial charge in [-0.3, -0.25) is 4.72 Å². The van der Waals surface area contributed by atoms with E-state index in [4.69, 9.17) is 4.74 Å². The lowest BCUT2D eigenvalue weighted by Crippen LogP contribution is -2.45. The van der Waals surface area contributed by atoms with Crippen molar-refractivity contribution in [2.75, 3.05) is 24.9 Å². The van der Waals surface area contributed by atoms with Gasteiger partial charge in [0.1, 0.15) is 5.82 Å². The molecule has 1 aliphatic heterocycles. The lowest BCUT2D eigenvalue weighted by Gasteiger charge is -2.29. The Morgan fingerprint density at radius 3 is 2.59 bits per heavy atom. The Hall–Kier alpha value is -2.05. The molecule has 0 saturated carbocycles. The van der Waals surface area contributed by atoms with Crippen LogP contribution in [0.15, 0.2) is 23.4 Å². The fourth-order valence-corrected chi connectivity index (χ4v) is 4.23. The van der Waals surface area contributed by atoms with E-state index in [1.165, 1.54) is 17.5 Å². The van der Waals surface area contributed by atoms with Gasteiger partial charge in [-0.2, -0.15) is 17.7 Å². The average molecular weight is 420 g/mol. The molecule has 12 heteroatoms. The van der Waals surface area contributed by atoms with Gasteiger partial charge in [-0.15, -0.1) is 0 Å². The molecule has 0 unspecified atom stereocenters. The molecule has 1 N–H and O–H groups in total. The van der Waals surface area contributed by atoms with E-state index >= 15 is 0 Å². The van der Waals surface area contributed by atoms with E-state index in [0.717, 1.165) is 30.3 Å². The van der Waals surface area contributed by atoms with Crippen LogP contribution in [0.5, 0.6) is 5.88 Å². The molecule has 0 radical (unpaired) electrons. The predicted octanol–water partition coefficient (Wildman–Crippen LogP) is 2.56. The maximum Gasteiger partial charge on any atom is 0.302 e. The third kappa shape index (κ3) is 4.45. The largest absolute Gasteiger partial charge is 0.481 e. The summed E-state index contributed by atoms with van der Waals surface area (Å²) in [6, 6.07) is 3.25. The van der Waals surface area contributed by atoms with Gasteiger partial charge in [-0.25, -0.2) is 18.2 Å². The predicted molar refractivity (Wildman–Crippen MR) is 93.2 cm³/mol. The van der Waals surface area contributed by atoms with Gasteiger partial charge in [0.15, 0.2) is 22.6 Å². The van der Waals surface area contributed by atoms with E-state index in [1.807, 2.05) is 0 Å². The monoisotopic (exact) mass is 420 g/mol. The second kappa shape index (κ2) is 7.90. The van der Waals surface area contributed by atoms with E-state index in [1.54, 1.807) is 0 Å². The summed E-state index contributed by atoms with van der Waals surface area (Å²) in [5, 5.41) is 0.0831. The summed E-state index contributed by atoms with van der Waals surface area (Å²) in [6.07, 6.45) is 0.787. The number of nitrogens with zero attached hydrogens (tertiary/aromatic N) is 3. The number of methoxy groups -OCH3 is 1. The Morgan fingerprint density at radius 2 is 1.96 bits per heavy atom. The molecular weight excluding hydrogens is 405 g/mol. The number of thioether (sulfide) groups is 1. The highest BCUT2D eigenvalue weighted by Gasteiger charge is 2.28. The van der Waals surface area contributed by atoms with E-state index < -0.39 is 27.7 Å². The van der Waals surface area contributed by atoms with Crippen LogP contribution in [-0.4, -0.2) is 42.9 Å². The zero-order valence-corrected chi connectivity index (χ0v) is 15.7. The summed E-state index contributed by atoms with van der Waals surface area (Å²) >= 11 is 0.920. The number of nitrogens with one attached hydrogen (secondary N) is 1. The third-order valence-electron chi connectivity index (χ3n) is 3.75. The average Bonchev–Trinajstić information content (AvgIpc) is 2.56. The molecule has 2 aromatic rings. The molecule has 146 valence electrons. The molecule has 0 bridgehead atoms. The zero-order chi connectivity index (χ0) is 19.6. The van der Waals surface area contributed by atoms with Gasteiger partial charge < -0.3 is 4.74 Å². The first-order valence-electron chi connectivity index (χ1n) is 7.76. The van der Waals surface area contributed by atoms with Crippen molar-refractivity contribution < 1.29 is 26.3 Å². The van der Waals surface area contributed by atoms with E-state index in [2.05, 4.69) is 14.7 Å². The summed E-state index contributed by atoms with van der Waals surface area (Å²) < 4.78 is 73.0. The zero-order valence-electron chi connectivity index (χ0n) is 14.1. The highest BCUT2D eigenvalue weighted by atomic mass is 32.2. The maximum absolute atomic E-state index is 13.8. The number of rotatable bonds is 7. The summed E-state index contributed by atoms with van der Waals surface area (Å²) in [5.41, 5.74) is -0.0759. The molecule has 1 aliphatic rings. The standard InChI is InChI=1S/C15H15F3N4O3S2/c1-25-12-7-11(21-27(23,24)22-5-2-6-22)19-15(20-12)26-8-9-3-4-10(16)14(18)13(9)17/h3-4,7H,2,5-6,8H2,1H3,(H,19,20,21). The molecule has 2 heterocycles. The van der Waals surface area contributed by atoms with E-state index in [-0.39, 0.29) is 28.2 Å². The number of benzene rings is 1. The van der Waals surface area contributed by atoms with Crippen molar-refractivity contribution in [1.82, 2.24) is 14.3 Å². The van der Waals surface area contributed by atoms with Crippen LogP contribution in [0, 0.1) is 17.5 Å². The van der Waals surface area contributed by atoms with Crippen LogP contribution in [0.2, 0.25) is 0 Å². The van der Waals surface area contributed by atoms with Crippen LogP contribution in [0.25, 0.3) is 0 Å². The topological polar surface area (TPSA) is 84.4 Å². The molecule has 0 amide bonds. The molecule has 1 aromatic carbocycles. The van der Waals surface area contributed by atoms with Crippen molar-refractivity contribution in [3.05, 3.63) is 41.2 Å². The van der Waals surface area contributed by atoms with Crippen molar-refractivity contribution in [3.8, 4) is 5.88 Å². The van der Waals surface area contributed by atoms with Gasteiger partial charge in [-0.1, -0.05) is 17.8 Å². The molecule has 1 fully saturated rings. The third-order valence-corrected chi connectivity index (χ3v) is 6.16. The van der Waals surface area contributed by atoms with Gasteiger partial charge in [-0.05, 0) is 12.5 Å². The van der Waals surface area contributed by atoms with Crippen molar-refractivity contribution in [1.29, 1.82) is 0 Å². The van der Waals surface area contributed by atoms with Gasteiger partial charge in [0.05, 0.1) is 7.11 Å². The lowest BCUT2D eigenvalue weighted by molar-refractivity contribution is 0.311. The van der Waals surface area contributed by atoms with Crippen LogP contribution in [0.1, 0.15) is 12.0 Å². The smallest absolute Gasteiger partial charge is 0.302 e. The van der Waals surface area contributed by atoms with E-state index in [9.17, 15) is 21.6 Å². The summed E-state index contributed by atoms with van der Waals surface area (Å²) in [6.45, 7) is 0.850. The fourth-order valence-electron chi connectivity index (χ4n) is 2.17. The quantitative estimate of drug-likeness (QED) is 0.421. The number of halogens is 3. The Bertz CT molecular complexity index is 956. The van der Waals surface area contributed by atoms with Crippen LogP contribution in [0.4, 0.5) is 19.0 Å². The molecule has 0 spiro atoms. The Morgan fingerprint density at radius 1 is 1.22 bits per heavy atom.